The molecule has 0 radical (unpaired) electrons. The number of carbonyl (C=O) groups excluding carboxylic acids is 1. The van der Waals surface area contributed by atoms with Crippen LogP contribution in [0.4, 0.5) is 23.2 Å². The normalized spacial score (nSPS) is 9.81. The summed E-state index contributed by atoms with van der Waals surface area (Å²) in [5.41, 5.74) is 5.16. The molecular formula is C8H3F4N3O. The minimum absolute atomic E-state index is 0.744. The summed E-state index contributed by atoms with van der Waals surface area (Å²) >= 11 is 0. The summed E-state index contributed by atoms with van der Waals surface area (Å²) in [6, 6.07) is 0. The number of rotatable bonds is 2. The number of carbonyl (C=O) groups is 1. The summed E-state index contributed by atoms with van der Waals surface area (Å²) in [4.78, 5) is 12.8. The maximum atomic E-state index is 13.1. The minimum atomic E-state index is -1.90. The quantitative estimate of drug-likeness (QED) is 0.193. The van der Waals surface area contributed by atoms with Crippen LogP contribution >= 0.6 is 0 Å². The zero-order chi connectivity index (χ0) is 12.5. The SMILES string of the molecule is CC(=O)c1c(F)c(F)c(N=[N+]=[N-])c(F)c1F. The van der Waals surface area contributed by atoms with Crippen molar-refractivity contribution in [3.8, 4) is 0 Å². The van der Waals surface area contributed by atoms with Gasteiger partial charge < -0.3 is 0 Å². The topological polar surface area (TPSA) is 65.8 Å². The molecule has 0 N–H and O–H groups in total. The van der Waals surface area contributed by atoms with E-state index in [-0.39, 0.29) is 0 Å². The van der Waals surface area contributed by atoms with E-state index >= 15 is 0 Å². The molecule has 0 bridgehead atoms. The number of nitrogens with zero attached hydrogens (tertiary/aromatic N) is 3. The highest BCUT2D eigenvalue weighted by molar-refractivity contribution is 5.95. The maximum absolute atomic E-state index is 13.1. The molecule has 0 unspecified atom stereocenters. The van der Waals surface area contributed by atoms with Gasteiger partial charge in [0.05, 0.1) is 5.56 Å². The fourth-order valence-electron chi connectivity index (χ4n) is 1.06. The van der Waals surface area contributed by atoms with E-state index in [4.69, 9.17) is 5.53 Å². The van der Waals surface area contributed by atoms with Gasteiger partial charge in [-0.2, -0.15) is 0 Å². The van der Waals surface area contributed by atoms with Crippen molar-refractivity contribution in [2.75, 3.05) is 0 Å². The fraction of sp³-hybridized carbons (Fsp3) is 0.125. The molecule has 1 aromatic carbocycles. The van der Waals surface area contributed by atoms with Crippen molar-refractivity contribution in [2.24, 2.45) is 5.11 Å². The third-order valence-corrected chi connectivity index (χ3v) is 1.74. The summed E-state index contributed by atoms with van der Waals surface area (Å²) in [6.07, 6.45) is 0. The zero-order valence-electron chi connectivity index (χ0n) is 7.76. The molecule has 8 heteroatoms. The maximum Gasteiger partial charge on any atom is 0.173 e. The number of halogens is 4. The van der Waals surface area contributed by atoms with Gasteiger partial charge in [-0.05, 0) is 12.5 Å². The van der Waals surface area contributed by atoms with Crippen LogP contribution in [0.15, 0.2) is 5.11 Å². The van der Waals surface area contributed by atoms with Crippen LogP contribution in [0.5, 0.6) is 0 Å². The van der Waals surface area contributed by atoms with Gasteiger partial charge >= 0.3 is 0 Å². The second-order valence-corrected chi connectivity index (χ2v) is 2.73. The van der Waals surface area contributed by atoms with E-state index in [2.05, 4.69) is 5.11 Å². The average molecular weight is 233 g/mol. The van der Waals surface area contributed by atoms with Gasteiger partial charge in [0.1, 0.15) is 5.69 Å². The van der Waals surface area contributed by atoms with Gasteiger partial charge in [-0.1, -0.05) is 5.11 Å². The first-order chi connectivity index (χ1) is 7.41. The molecule has 1 rings (SSSR count). The molecular weight excluding hydrogens is 230 g/mol. The summed E-state index contributed by atoms with van der Waals surface area (Å²) in [5.74, 6) is -8.74. The van der Waals surface area contributed by atoms with E-state index in [1.165, 1.54) is 0 Å². The van der Waals surface area contributed by atoms with Crippen molar-refractivity contribution in [3.63, 3.8) is 0 Å². The molecule has 0 atom stereocenters. The highest BCUT2D eigenvalue weighted by Gasteiger charge is 2.26. The molecule has 16 heavy (non-hydrogen) atoms. The highest BCUT2D eigenvalue weighted by Crippen LogP contribution is 2.30. The first-order valence-electron chi connectivity index (χ1n) is 3.83. The van der Waals surface area contributed by atoms with Crippen molar-refractivity contribution in [2.45, 2.75) is 6.92 Å². The Hall–Kier alpha value is -2.08. The van der Waals surface area contributed by atoms with Crippen LogP contribution < -0.4 is 0 Å². The van der Waals surface area contributed by atoms with Crippen molar-refractivity contribution < 1.29 is 22.4 Å². The predicted octanol–water partition coefficient (Wildman–Crippen LogP) is 3.39. The highest BCUT2D eigenvalue weighted by atomic mass is 19.2. The monoisotopic (exact) mass is 233 g/mol. The summed E-state index contributed by atoms with van der Waals surface area (Å²) in [7, 11) is 0. The average Bonchev–Trinajstić information content (AvgIpc) is 2.21. The molecule has 0 saturated carbocycles. The Kier molecular flexibility index (Phi) is 3.14. The van der Waals surface area contributed by atoms with Crippen LogP contribution in [0.1, 0.15) is 17.3 Å². The Morgan fingerprint density at radius 2 is 1.56 bits per heavy atom. The number of benzene rings is 1. The van der Waals surface area contributed by atoms with Crippen molar-refractivity contribution in [1.82, 2.24) is 0 Å². The molecule has 0 aromatic heterocycles. The third-order valence-electron chi connectivity index (χ3n) is 1.74. The van der Waals surface area contributed by atoms with Gasteiger partial charge in [-0.25, -0.2) is 17.6 Å². The Balaban J connectivity index is 3.76. The Bertz CT molecular complexity index is 461. The zero-order valence-corrected chi connectivity index (χ0v) is 7.76. The third kappa shape index (κ3) is 1.70. The number of azide groups is 1. The number of hydrogen-bond donors (Lipinski definition) is 0. The molecule has 0 spiro atoms. The van der Waals surface area contributed by atoms with E-state index in [0.717, 1.165) is 6.92 Å². The van der Waals surface area contributed by atoms with E-state index in [1.54, 1.807) is 0 Å². The van der Waals surface area contributed by atoms with E-state index < -0.39 is 40.3 Å². The first-order valence-corrected chi connectivity index (χ1v) is 3.83. The van der Waals surface area contributed by atoms with Crippen LogP contribution in [0.3, 0.4) is 0 Å². The molecule has 0 heterocycles. The molecule has 0 amide bonds. The van der Waals surface area contributed by atoms with Crippen LogP contribution in [0.2, 0.25) is 0 Å². The lowest BCUT2D eigenvalue weighted by molar-refractivity contribution is 0.100. The van der Waals surface area contributed by atoms with Gasteiger partial charge in [0.2, 0.25) is 0 Å². The molecule has 0 fully saturated rings. The van der Waals surface area contributed by atoms with Gasteiger partial charge in [0.15, 0.2) is 29.1 Å². The lowest BCUT2D eigenvalue weighted by Crippen LogP contribution is -2.07. The lowest BCUT2D eigenvalue weighted by Gasteiger charge is -2.06. The van der Waals surface area contributed by atoms with Crippen molar-refractivity contribution in [3.05, 3.63) is 39.3 Å². The Morgan fingerprint density at radius 3 is 1.88 bits per heavy atom. The molecule has 0 aliphatic carbocycles. The number of Topliss-reactive ketones (excluding diaryl/α,β-unsaturated/α-hetero) is 1. The predicted molar refractivity (Wildman–Crippen MR) is 45.1 cm³/mol. The standard InChI is InChI=1S/C8H3F4N3O/c1-2(16)3-4(9)6(11)8(14-15-13)7(12)5(3)10/h1H3. The Labute approximate surface area is 86.1 Å². The smallest absolute Gasteiger partial charge is 0.173 e. The largest absolute Gasteiger partial charge is 0.294 e. The minimum Gasteiger partial charge on any atom is -0.294 e. The van der Waals surface area contributed by atoms with Gasteiger partial charge in [0, 0.05) is 4.91 Å². The molecule has 0 aliphatic heterocycles. The lowest BCUT2D eigenvalue weighted by atomic mass is 10.1. The van der Waals surface area contributed by atoms with Crippen LogP contribution in [0, 0.1) is 23.3 Å². The van der Waals surface area contributed by atoms with E-state index in [1.807, 2.05) is 4.91 Å². The van der Waals surface area contributed by atoms with Gasteiger partial charge in [-0.3, -0.25) is 4.79 Å². The summed E-state index contributed by atoms with van der Waals surface area (Å²) in [5, 5.41) is 2.47. The van der Waals surface area contributed by atoms with Crippen LogP contribution in [0.25, 0.3) is 10.4 Å². The number of ketones is 1. The molecule has 1 aromatic rings. The van der Waals surface area contributed by atoms with E-state index in [9.17, 15) is 22.4 Å². The van der Waals surface area contributed by atoms with Crippen LogP contribution in [-0.2, 0) is 0 Å². The second-order valence-electron chi connectivity index (χ2n) is 2.73. The van der Waals surface area contributed by atoms with Gasteiger partial charge in [-0.15, -0.1) is 0 Å². The van der Waals surface area contributed by atoms with Crippen molar-refractivity contribution >= 4 is 11.5 Å². The Morgan fingerprint density at radius 1 is 1.12 bits per heavy atom. The first kappa shape index (κ1) is 12.0. The number of hydrogen-bond acceptors (Lipinski definition) is 2. The van der Waals surface area contributed by atoms with Crippen LogP contribution in [-0.4, -0.2) is 5.78 Å². The summed E-state index contributed by atoms with van der Waals surface area (Å²) in [6.45, 7) is 0.744. The summed E-state index contributed by atoms with van der Waals surface area (Å²) < 4.78 is 52.3. The molecule has 0 aliphatic rings. The van der Waals surface area contributed by atoms with Crippen molar-refractivity contribution in [1.29, 1.82) is 0 Å². The molecule has 0 saturated heterocycles. The molecule has 4 nitrogen and oxygen atoms in total. The second kappa shape index (κ2) is 4.19. The van der Waals surface area contributed by atoms with E-state index in [0.29, 0.717) is 0 Å². The fourth-order valence-corrected chi connectivity index (χ4v) is 1.06. The molecule has 84 valence electrons. The van der Waals surface area contributed by atoms with Gasteiger partial charge in [0.25, 0.3) is 0 Å².